The van der Waals surface area contributed by atoms with Crippen molar-refractivity contribution in [3.63, 3.8) is 0 Å². The van der Waals surface area contributed by atoms with Crippen LogP contribution in [0.3, 0.4) is 0 Å². The van der Waals surface area contributed by atoms with Crippen LogP contribution in [0, 0.1) is 16.7 Å². The minimum Gasteiger partial charge on any atom is -0.496 e. The molecule has 1 aromatic rings. The summed E-state index contributed by atoms with van der Waals surface area (Å²) in [5.41, 5.74) is 0.681. The van der Waals surface area contributed by atoms with Crippen molar-refractivity contribution < 1.29 is 9.47 Å². The highest BCUT2D eigenvalue weighted by Gasteiger charge is 2.60. The summed E-state index contributed by atoms with van der Waals surface area (Å²) >= 11 is 6.05. The molecule has 94 valence electrons. The van der Waals surface area contributed by atoms with Gasteiger partial charge >= 0.3 is 0 Å². The monoisotopic (exact) mass is 263 g/mol. The molecule has 1 aliphatic carbocycles. The van der Waals surface area contributed by atoms with E-state index in [0.717, 1.165) is 37.4 Å². The Bertz CT molecular complexity index is 523. The van der Waals surface area contributed by atoms with Crippen molar-refractivity contribution in [3.05, 3.63) is 28.8 Å². The van der Waals surface area contributed by atoms with E-state index in [1.807, 2.05) is 12.1 Å². The van der Waals surface area contributed by atoms with E-state index in [0.29, 0.717) is 5.02 Å². The smallest absolute Gasteiger partial charge is 0.123 e. The Morgan fingerprint density at radius 3 is 2.61 bits per heavy atom. The molecule has 0 radical (unpaired) electrons. The van der Waals surface area contributed by atoms with Crippen LogP contribution in [-0.2, 0) is 10.2 Å². The van der Waals surface area contributed by atoms with Crippen molar-refractivity contribution in [2.24, 2.45) is 5.41 Å². The Balaban J connectivity index is 1.98. The Morgan fingerprint density at radius 1 is 1.39 bits per heavy atom. The third kappa shape index (κ3) is 1.53. The topological polar surface area (TPSA) is 42.2 Å². The molecule has 0 unspecified atom stereocenters. The lowest BCUT2D eigenvalue weighted by atomic mass is 9.50. The van der Waals surface area contributed by atoms with Crippen LogP contribution in [0.2, 0.25) is 5.02 Å². The van der Waals surface area contributed by atoms with Crippen LogP contribution in [0.4, 0.5) is 0 Å². The fourth-order valence-corrected chi connectivity index (χ4v) is 3.38. The number of methoxy groups -OCH3 is 1. The lowest BCUT2D eigenvalue weighted by molar-refractivity contribution is -0.178. The van der Waals surface area contributed by atoms with Gasteiger partial charge < -0.3 is 9.47 Å². The van der Waals surface area contributed by atoms with Gasteiger partial charge in [0.25, 0.3) is 0 Å². The number of rotatable bonds is 2. The van der Waals surface area contributed by atoms with E-state index < -0.39 is 5.41 Å². The molecule has 3 rings (SSSR count). The molecule has 3 nitrogen and oxygen atoms in total. The van der Waals surface area contributed by atoms with E-state index in [4.69, 9.17) is 21.1 Å². The van der Waals surface area contributed by atoms with Crippen LogP contribution in [-0.4, -0.2) is 20.3 Å². The number of hydrogen-bond donors (Lipinski definition) is 0. The van der Waals surface area contributed by atoms with Crippen molar-refractivity contribution >= 4 is 11.6 Å². The largest absolute Gasteiger partial charge is 0.496 e. The Morgan fingerprint density at radius 2 is 2.11 bits per heavy atom. The molecule has 0 atom stereocenters. The number of nitrogens with zero attached hydrogens (tertiary/aromatic N) is 1. The third-order valence-corrected chi connectivity index (χ3v) is 4.30. The summed E-state index contributed by atoms with van der Waals surface area (Å²) in [4.78, 5) is 0. The van der Waals surface area contributed by atoms with E-state index in [-0.39, 0.29) is 5.41 Å². The summed E-state index contributed by atoms with van der Waals surface area (Å²) in [5, 5.41) is 10.2. The zero-order chi connectivity index (χ0) is 12.8. The molecule has 0 amide bonds. The average Bonchev–Trinajstić information content (AvgIpc) is 2.27. The minimum atomic E-state index is -0.458. The van der Waals surface area contributed by atoms with Gasteiger partial charge in [0.2, 0.25) is 0 Å². The minimum absolute atomic E-state index is 0.225. The third-order valence-electron chi connectivity index (χ3n) is 4.06. The summed E-state index contributed by atoms with van der Waals surface area (Å²) in [6, 6.07) is 7.94. The number of benzene rings is 1. The summed E-state index contributed by atoms with van der Waals surface area (Å²) in [7, 11) is 1.62. The van der Waals surface area contributed by atoms with Crippen molar-refractivity contribution in [1.82, 2.24) is 0 Å². The maximum absolute atomic E-state index is 9.56. The zero-order valence-corrected chi connectivity index (χ0v) is 11.0. The van der Waals surface area contributed by atoms with Gasteiger partial charge in [-0.2, -0.15) is 5.26 Å². The van der Waals surface area contributed by atoms with Crippen LogP contribution in [0.1, 0.15) is 18.4 Å². The number of nitriles is 1. The summed E-state index contributed by atoms with van der Waals surface area (Å²) in [6.45, 7) is 1.55. The normalized spacial score (nSPS) is 22.7. The van der Waals surface area contributed by atoms with E-state index in [1.54, 1.807) is 13.2 Å². The summed E-state index contributed by atoms with van der Waals surface area (Å²) in [5.74, 6) is 0.746. The van der Waals surface area contributed by atoms with Gasteiger partial charge in [0.15, 0.2) is 0 Å². The van der Waals surface area contributed by atoms with Gasteiger partial charge in [-0.3, -0.25) is 0 Å². The lowest BCUT2D eigenvalue weighted by Gasteiger charge is -2.57. The maximum Gasteiger partial charge on any atom is 0.123 e. The van der Waals surface area contributed by atoms with Crippen LogP contribution >= 0.6 is 11.6 Å². The van der Waals surface area contributed by atoms with Gasteiger partial charge in [-0.05, 0) is 31.0 Å². The molecular weight excluding hydrogens is 250 g/mol. The zero-order valence-electron chi connectivity index (χ0n) is 10.2. The van der Waals surface area contributed by atoms with Gasteiger partial charge in [0.05, 0.1) is 31.8 Å². The Labute approximate surface area is 111 Å². The highest BCUT2D eigenvalue weighted by atomic mass is 35.5. The molecule has 1 aliphatic heterocycles. The van der Waals surface area contributed by atoms with Crippen molar-refractivity contribution in [2.45, 2.75) is 18.3 Å². The molecular formula is C14H14ClNO2. The fraction of sp³-hybridized carbons (Fsp3) is 0.500. The molecule has 0 aromatic heterocycles. The van der Waals surface area contributed by atoms with Crippen LogP contribution in [0.25, 0.3) is 0 Å². The molecule has 1 saturated heterocycles. The van der Waals surface area contributed by atoms with E-state index in [9.17, 15) is 5.26 Å². The highest BCUT2D eigenvalue weighted by molar-refractivity contribution is 6.30. The molecule has 4 heteroatoms. The van der Waals surface area contributed by atoms with Crippen LogP contribution in [0.5, 0.6) is 5.75 Å². The molecule has 2 fully saturated rings. The first kappa shape index (κ1) is 11.8. The molecule has 1 spiro atoms. The van der Waals surface area contributed by atoms with E-state index in [1.165, 1.54) is 0 Å². The van der Waals surface area contributed by atoms with Crippen molar-refractivity contribution in [2.75, 3.05) is 20.3 Å². The highest BCUT2D eigenvalue weighted by Crippen LogP contribution is 2.60. The van der Waals surface area contributed by atoms with Gasteiger partial charge in [-0.1, -0.05) is 11.6 Å². The second-order valence-corrected chi connectivity index (χ2v) is 5.82. The van der Waals surface area contributed by atoms with E-state index >= 15 is 0 Å². The van der Waals surface area contributed by atoms with E-state index in [2.05, 4.69) is 6.07 Å². The summed E-state index contributed by atoms with van der Waals surface area (Å²) < 4.78 is 10.6. The molecule has 2 aliphatic rings. The van der Waals surface area contributed by atoms with Crippen molar-refractivity contribution in [1.29, 1.82) is 5.26 Å². The Kier molecular flexibility index (Phi) is 2.55. The average molecular weight is 264 g/mol. The first-order valence-electron chi connectivity index (χ1n) is 5.96. The standard InChI is InChI=1S/C14H14ClNO2/c1-17-12-3-2-10(15)4-11(12)14(7-16)5-13(6-14)8-18-9-13/h2-4H,5-6,8-9H2,1H3. The first-order valence-corrected chi connectivity index (χ1v) is 6.34. The molecule has 18 heavy (non-hydrogen) atoms. The van der Waals surface area contributed by atoms with Gasteiger partial charge in [0, 0.05) is 16.0 Å². The molecule has 1 heterocycles. The van der Waals surface area contributed by atoms with Crippen LogP contribution < -0.4 is 4.74 Å². The van der Waals surface area contributed by atoms with Gasteiger partial charge in [-0.15, -0.1) is 0 Å². The van der Waals surface area contributed by atoms with Gasteiger partial charge in [0.1, 0.15) is 5.75 Å². The van der Waals surface area contributed by atoms with Gasteiger partial charge in [-0.25, -0.2) is 0 Å². The number of ether oxygens (including phenoxy) is 2. The van der Waals surface area contributed by atoms with Crippen molar-refractivity contribution in [3.8, 4) is 11.8 Å². The second kappa shape index (κ2) is 3.88. The predicted octanol–water partition coefficient (Wildman–Crippen LogP) is 2.92. The molecule has 0 bridgehead atoms. The molecule has 0 N–H and O–H groups in total. The number of halogens is 1. The molecule has 1 aromatic carbocycles. The quantitative estimate of drug-likeness (QED) is 0.824. The SMILES string of the molecule is COc1ccc(Cl)cc1C1(C#N)CC2(COC2)C1. The molecule has 1 saturated carbocycles. The second-order valence-electron chi connectivity index (χ2n) is 5.38. The lowest BCUT2D eigenvalue weighted by Crippen LogP contribution is -2.59. The maximum atomic E-state index is 9.56. The summed E-state index contributed by atoms with van der Waals surface area (Å²) in [6.07, 6.45) is 1.68. The van der Waals surface area contributed by atoms with Crippen LogP contribution in [0.15, 0.2) is 18.2 Å². The fourth-order valence-electron chi connectivity index (χ4n) is 3.21. The predicted molar refractivity (Wildman–Crippen MR) is 67.8 cm³/mol. The number of hydrogen-bond acceptors (Lipinski definition) is 3. The first-order chi connectivity index (χ1) is 8.63. The Hall–Kier alpha value is -1.24.